The third-order valence-corrected chi connectivity index (χ3v) is 5.97. The average molecular weight is 416 g/mol. The molecule has 0 atom stereocenters. The maximum absolute atomic E-state index is 13.1. The van der Waals surface area contributed by atoms with Gasteiger partial charge in [-0.1, -0.05) is 47.5 Å². The summed E-state index contributed by atoms with van der Waals surface area (Å²) in [7, 11) is -4.09. The fourth-order valence-corrected chi connectivity index (χ4v) is 4.09. The Hall–Kier alpha value is -2.83. The second kappa shape index (κ2) is 8.46. The van der Waals surface area contributed by atoms with Gasteiger partial charge < -0.3 is 4.74 Å². The molecule has 0 heterocycles. The van der Waals surface area contributed by atoms with Gasteiger partial charge in [-0.2, -0.15) is 4.31 Å². The molecule has 0 saturated heterocycles. The highest BCUT2D eigenvalue weighted by Gasteiger charge is 2.31. The largest absolute Gasteiger partial charge is 0.484 e. The minimum absolute atomic E-state index is 0.0235. The van der Waals surface area contributed by atoms with Crippen LogP contribution >= 0.6 is 11.6 Å². The molecule has 0 aliphatic heterocycles. The molecule has 0 aromatic heterocycles. The Morgan fingerprint density at radius 3 is 2.14 bits per heavy atom. The molecule has 0 aliphatic carbocycles. The van der Waals surface area contributed by atoms with Crippen LogP contribution < -0.4 is 9.04 Å². The number of halogens is 1. The number of anilines is 1. The number of benzene rings is 3. The molecule has 0 saturated carbocycles. The number of carbonyl (C=O) groups is 1. The lowest BCUT2D eigenvalue weighted by Crippen LogP contribution is -2.40. The van der Waals surface area contributed by atoms with Crippen molar-refractivity contribution in [2.45, 2.75) is 11.8 Å². The van der Waals surface area contributed by atoms with Crippen molar-refractivity contribution in [1.29, 1.82) is 0 Å². The number of rotatable bonds is 6. The van der Waals surface area contributed by atoms with E-state index in [1.807, 2.05) is 6.92 Å². The van der Waals surface area contributed by atoms with Crippen LogP contribution in [0.3, 0.4) is 0 Å². The van der Waals surface area contributed by atoms with Gasteiger partial charge in [-0.3, -0.25) is 4.79 Å². The fourth-order valence-electron chi connectivity index (χ4n) is 2.53. The first-order valence-corrected chi connectivity index (χ1v) is 10.3. The number of aryl methyl sites for hydroxylation is 1. The fraction of sp³-hybridized carbons (Fsp3) is 0.0952. The van der Waals surface area contributed by atoms with Gasteiger partial charge in [0.25, 0.3) is 15.9 Å². The lowest BCUT2D eigenvalue weighted by Gasteiger charge is -2.23. The quantitative estimate of drug-likeness (QED) is 0.596. The summed E-state index contributed by atoms with van der Waals surface area (Å²) in [5.74, 6) is -0.290. The number of hydrogen-bond donors (Lipinski definition) is 0. The molecular weight excluding hydrogens is 398 g/mol. The molecule has 0 unspecified atom stereocenters. The second-order valence-corrected chi connectivity index (χ2v) is 8.28. The van der Waals surface area contributed by atoms with Gasteiger partial charge in [-0.25, -0.2) is 8.42 Å². The first kappa shape index (κ1) is 19.9. The summed E-state index contributed by atoms with van der Waals surface area (Å²) in [6, 6.07) is 21.0. The van der Waals surface area contributed by atoms with Crippen LogP contribution in [0.15, 0.2) is 83.8 Å². The van der Waals surface area contributed by atoms with Gasteiger partial charge in [0.15, 0.2) is 6.61 Å². The van der Waals surface area contributed by atoms with Crippen molar-refractivity contribution in [3.8, 4) is 5.75 Å². The molecule has 7 heteroatoms. The van der Waals surface area contributed by atoms with E-state index in [4.69, 9.17) is 16.3 Å². The topological polar surface area (TPSA) is 63.7 Å². The molecular formula is C21H18ClNO4S. The Morgan fingerprint density at radius 2 is 1.54 bits per heavy atom. The van der Waals surface area contributed by atoms with Crippen LogP contribution in [0.2, 0.25) is 5.02 Å². The Kier molecular flexibility index (Phi) is 6.02. The zero-order chi connectivity index (χ0) is 20.1. The van der Waals surface area contributed by atoms with Crippen LogP contribution in [0.25, 0.3) is 0 Å². The first-order chi connectivity index (χ1) is 13.4. The predicted octanol–water partition coefficient (Wildman–Crippen LogP) is 4.45. The highest BCUT2D eigenvalue weighted by atomic mass is 35.5. The van der Waals surface area contributed by atoms with E-state index in [9.17, 15) is 13.2 Å². The molecule has 28 heavy (non-hydrogen) atoms. The number of hydrogen-bond acceptors (Lipinski definition) is 4. The van der Waals surface area contributed by atoms with E-state index in [1.165, 1.54) is 12.1 Å². The van der Waals surface area contributed by atoms with E-state index in [0.29, 0.717) is 10.8 Å². The van der Waals surface area contributed by atoms with E-state index < -0.39 is 22.5 Å². The van der Waals surface area contributed by atoms with Crippen LogP contribution in [0, 0.1) is 6.92 Å². The van der Waals surface area contributed by atoms with Crippen LogP contribution in [0.5, 0.6) is 5.75 Å². The highest BCUT2D eigenvalue weighted by molar-refractivity contribution is 7.93. The lowest BCUT2D eigenvalue weighted by atomic mass is 10.2. The Bertz CT molecular complexity index is 1050. The van der Waals surface area contributed by atoms with Crippen LogP contribution in [-0.4, -0.2) is 20.9 Å². The number of sulfonamides is 1. The average Bonchev–Trinajstić information content (AvgIpc) is 2.70. The van der Waals surface area contributed by atoms with Crippen LogP contribution in [0.4, 0.5) is 5.69 Å². The molecule has 3 aromatic rings. The van der Waals surface area contributed by atoms with Gasteiger partial charge in [0.05, 0.1) is 10.6 Å². The molecule has 0 aliphatic rings. The van der Waals surface area contributed by atoms with Gasteiger partial charge in [0, 0.05) is 5.02 Å². The SMILES string of the molecule is Cc1ccc(N(C(=O)COc2ccc(Cl)cc2)S(=O)(=O)c2ccccc2)cc1. The van der Waals surface area contributed by atoms with Crippen molar-refractivity contribution in [2.24, 2.45) is 0 Å². The van der Waals surface area contributed by atoms with Crippen LogP contribution in [-0.2, 0) is 14.8 Å². The van der Waals surface area contributed by atoms with Gasteiger partial charge in [0.2, 0.25) is 0 Å². The van der Waals surface area contributed by atoms with Gasteiger partial charge >= 0.3 is 0 Å². The molecule has 0 N–H and O–H groups in total. The van der Waals surface area contributed by atoms with E-state index in [1.54, 1.807) is 66.7 Å². The van der Waals surface area contributed by atoms with Crippen molar-refractivity contribution in [3.63, 3.8) is 0 Å². The van der Waals surface area contributed by atoms with Gasteiger partial charge in [0.1, 0.15) is 5.75 Å². The monoisotopic (exact) mass is 415 g/mol. The number of amides is 1. The minimum Gasteiger partial charge on any atom is -0.484 e. The van der Waals surface area contributed by atoms with E-state index in [2.05, 4.69) is 0 Å². The van der Waals surface area contributed by atoms with E-state index >= 15 is 0 Å². The predicted molar refractivity (Wildman–Crippen MR) is 109 cm³/mol. The smallest absolute Gasteiger partial charge is 0.278 e. The number of nitrogens with zero attached hydrogens (tertiary/aromatic N) is 1. The zero-order valence-electron chi connectivity index (χ0n) is 15.1. The summed E-state index contributed by atoms with van der Waals surface area (Å²) >= 11 is 5.84. The summed E-state index contributed by atoms with van der Waals surface area (Å²) < 4.78 is 32.5. The molecule has 3 aromatic carbocycles. The summed E-state index contributed by atoms with van der Waals surface area (Å²) in [6.07, 6.45) is 0. The second-order valence-electron chi connectivity index (χ2n) is 6.05. The summed E-state index contributed by atoms with van der Waals surface area (Å²) in [4.78, 5) is 12.9. The van der Waals surface area contributed by atoms with Crippen molar-refractivity contribution >= 4 is 33.2 Å². The van der Waals surface area contributed by atoms with Gasteiger partial charge in [-0.05, 0) is 55.5 Å². The summed E-state index contributed by atoms with van der Waals surface area (Å²) in [5.41, 5.74) is 1.20. The highest BCUT2D eigenvalue weighted by Crippen LogP contribution is 2.25. The van der Waals surface area contributed by atoms with Crippen molar-refractivity contribution < 1.29 is 17.9 Å². The van der Waals surface area contributed by atoms with Crippen LogP contribution in [0.1, 0.15) is 5.56 Å². The summed E-state index contributed by atoms with van der Waals surface area (Å²) in [6.45, 7) is 1.44. The standard InChI is InChI=1S/C21H18ClNO4S/c1-16-7-11-18(12-8-16)23(28(25,26)20-5-3-2-4-6-20)21(24)15-27-19-13-9-17(22)10-14-19/h2-14H,15H2,1H3. The number of ether oxygens (including phenoxy) is 1. The summed E-state index contributed by atoms with van der Waals surface area (Å²) in [5, 5.41) is 0.534. The van der Waals surface area contributed by atoms with Crippen molar-refractivity contribution in [3.05, 3.63) is 89.4 Å². The molecule has 144 valence electrons. The minimum atomic E-state index is -4.09. The third-order valence-electron chi connectivity index (χ3n) is 3.95. The third kappa shape index (κ3) is 4.52. The van der Waals surface area contributed by atoms with Crippen molar-refractivity contribution in [1.82, 2.24) is 0 Å². The lowest BCUT2D eigenvalue weighted by molar-refractivity contribution is -0.119. The Morgan fingerprint density at radius 1 is 0.929 bits per heavy atom. The maximum atomic E-state index is 13.1. The van der Waals surface area contributed by atoms with E-state index in [-0.39, 0.29) is 10.6 Å². The molecule has 0 bridgehead atoms. The first-order valence-electron chi connectivity index (χ1n) is 8.46. The van der Waals surface area contributed by atoms with Gasteiger partial charge in [-0.15, -0.1) is 0 Å². The number of carbonyl (C=O) groups excluding carboxylic acids is 1. The molecule has 3 rings (SSSR count). The molecule has 0 radical (unpaired) electrons. The van der Waals surface area contributed by atoms with Crippen molar-refractivity contribution in [2.75, 3.05) is 10.9 Å². The molecule has 0 spiro atoms. The maximum Gasteiger partial charge on any atom is 0.278 e. The molecule has 0 fully saturated rings. The van der Waals surface area contributed by atoms with E-state index in [0.717, 1.165) is 9.87 Å². The molecule has 1 amide bonds. The Labute approximate surface area is 169 Å². The molecule has 5 nitrogen and oxygen atoms in total. The Balaban J connectivity index is 1.92. The zero-order valence-corrected chi connectivity index (χ0v) is 16.7. The normalized spacial score (nSPS) is 11.1.